The number of fused-ring (bicyclic) bond motifs is 1. The van der Waals surface area contributed by atoms with Crippen LogP contribution in [-0.2, 0) is 11.3 Å². The summed E-state index contributed by atoms with van der Waals surface area (Å²) in [5, 5.41) is 10.3. The first kappa shape index (κ1) is 14.1. The number of likely N-dealkylation sites (N-methyl/N-ethyl adjacent to an activating group) is 1. The Kier molecular flexibility index (Phi) is 4.27. The van der Waals surface area contributed by atoms with E-state index in [2.05, 4.69) is 27.0 Å². The van der Waals surface area contributed by atoms with Crippen LogP contribution in [0.4, 0.5) is 0 Å². The number of carbonyl (C=O) groups is 1. The number of aromatic amines is 1. The summed E-state index contributed by atoms with van der Waals surface area (Å²) in [5.41, 5.74) is 2.17. The van der Waals surface area contributed by atoms with Crippen molar-refractivity contribution in [2.75, 3.05) is 7.05 Å². The Morgan fingerprint density at radius 1 is 1.53 bits per heavy atom. The van der Waals surface area contributed by atoms with Crippen LogP contribution < -0.4 is 0 Å². The van der Waals surface area contributed by atoms with Gasteiger partial charge in [0.25, 0.3) is 0 Å². The maximum absolute atomic E-state index is 11.2. The lowest BCUT2D eigenvalue weighted by Crippen LogP contribution is -2.37. The zero-order valence-corrected chi connectivity index (χ0v) is 12.6. The standard InChI is InChI=1S/C14H17BrN2O2/c1-3-13(14(18)19)17(2)8-9-7-16-12-5-4-10(15)6-11(9)12/h4-7,13,16H,3,8H2,1-2H3,(H,18,19). The number of aliphatic carboxylic acids is 1. The fourth-order valence-corrected chi connectivity index (χ4v) is 2.70. The van der Waals surface area contributed by atoms with Crippen molar-refractivity contribution < 1.29 is 9.90 Å². The second-order valence-electron chi connectivity index (χ2n) is 4.68. The van der Waals surface area contributed by atoms with E-state index in [1.807, 2.05) is 37.2 Å². The van der Waals surface area contributed by atoms with Gasteiger partial charge in [0.1, 0.15) is 6.04 Å². The van der Waals surface area contributed by atoms with Crippen LogP contribution in [0.5, 0.6) is 0 Å². The summed E-state index contributed by atoms with van der Waals surface area (Å²) >= 11 is 3.46. The first-order valence-corrected chi connectivity index (χ1v) is 7.00. The first-order chi connectivity index (χ1) is 9.02. The lowest BCUT2D eigenvalue weighted by atomic mass is 10.1. The van der Waals surface area contributed by atoms with Crippen LogP contribution in [0.3, 0.4) is 0 Å². The quantitative estimate of drug-likeness (QED) is 0.887. The number of H-pyrrole nitrogens is 1. The molecule has 0 bridgehead atoms. The van der Waals surface area contributed by atoms with E-state index in [1.54, 1.807) is 0 Å². The van der Waals surface area contributed by atoms with Crippen molar-refractivity contribution in [3.8, 4) is 0 Å². The van der Waals surface area contributed by atoms with E-state index >= 15 is 0 Å². The largest absolute Gasteiger partial charge is 0.480 e. The van der Waals surface area contributed by atoms with Gasteiger partial charge < -0.3 is 10.1 Å². The number of carboxylic acid groups (broad SMARTS) is 1. The molecule has 0 amide bonds. The maximum atomic E-state index is 11.2. The smallest absolute Gasteiger partial charge is 0.320 e. The number of halogens is 1. The summed E-state index contributed by atoms with van der Waals surface area (Å²) < 4.78 is 1.02. The van der Waals surface area contributed by atoms with Crippen molar-refractivity contribution in [2.24, 2.45) is 0 Å². The Hall–Kier alpha value is -1.33. The second-order valence-corrected chi connectivity index (χ2v) is 5.60. The van der Waals surface area contributed by atoms with E-state index in [0.717, 1.165) is 20.9 Å². The molecule has 1 unspecified atom stereocenters. The number of nitrogens with zero attached hydrogens (tertiary/aromatic N) is 1. The Balaban J connectivity index is 2.26. The summed E-state index contributed by atoms with van der Waals surface area (Å²) in [5.74, 6) is -0.772. The van der Waals surface area contributed by atoms with Crippen molar-refractivity contribution >= 4 is 32.8 Å². The molecule has 0 spiro atoms. The molecule has 1 aromatic heterocycles. The van der Waals surface area contributed by atoms with Gasteiger partial charge in [-0.2, -0.15) is 0 Å². The van der Waals surface area contributed by atoms with Gasteiger partial charge in [-0.05, 0) is 37.2 Å². The zero-order valence-electron chi connectivity index (χ0n) is 11.0. The molecule has 2 rings (SSSR count). The molecule has 0 aliphatic heterocycles. The Morgan fingerprint density at radius 3 is 2.89 bits per heavy atom. The molecular weight excluding hydrogens is 308 g/mol. The number of hydrogen-bond acceptors (Lipinski definition) is 2. The van der Waals surface area contributed by atoms with Crippen molar-refractivity contribution in [3.63, 3.8) is 0 Å². The Bertz CT molecular complexity index is 594. The third-order valence-electron chi connectivity index (χ3n) is 3.35. The van der Waals surface area contributed by atoms with Gasteiger partial charge in [0.05, 0.1) is 0 Å². The van der Waals surface area contributed by atoms with Gasteiger partial charge in [0, 0.05) is 28.1 Å². The highest BCUT2D eigenvalue weighted by Crippen LogP contribution is 2.24. The third kappa shape index (κ3) is 2.98. The van der Waals surface area contributed by atoms with Gasteiger partial charge in [-0.25, -0.2) is 0 Å². The molecular formula is C14H17BrN2O2. The van der Waals surface area contributed by atoms with Gasteiger partial charge in [0.15, 0.2) is 0 Å². The molecule has 1 aromatic carbocycles. The van der Waals surface area contributed by atoms with Crippen LogP contribution in [0.15, 0.2) is 28.9 Å². The topological polar surface area (TPSA) is 56.3 Å². The molecule has 0 aliphatic rings. The average Bonchev–Trinajstić information content (AvgIpc) is 2.72. The normalized spacial score (nSPS) is 13.1. The summed E-state index contributed by atoms with van der Waals surface area (Å²) in [6, 6.07) is 5.60. The molecule has 0 radical (unpaired) electrons. The number of benzene rings is 1. The van der Waals surface area contributed by atoms with E-state index in [4.69, 9.17) is 0 Å². The summed E-state index contributed by atoms with van der Waals surface area (Å²) in [6.07, 6.45) is 2.54. The molecule has 102 valence electrons. The molecule has 1 heterocycles. The van der Waals surface area contributed by atoms with Crippen LogP contribution in [-0.4, -0.2) is 34.0 Å². The van der Waals surface area contributed by atoms with Gasteiger partial charge in [0.2, 0.25) is 0 Å². The highest BCUT2D eigenvalue weighted by atomic mass is 79.9. The fraction of sp³-hybridized carbons (Fsp3) is 0.357. The van der Waals surface area contributed by atoms with Gasteiger partial charge in [-0.15, -0.1) is 0 Å². The van der Waals surface area contributed by atoms with Crippen LogP contribution in [0.1, 0.15) is 18.9 Å². The number of nitrogens with one attached hydrogen (secondary N) is 1. The summed E-state index contributed by atoms with van der Waals surface area (Å²) in [7, 11) is 1.85. The van der Waals surface area contributed by atoms with E-state index in [-0.39, 0.29) is 0 Å². The van der Waals surface area contributed by atoms with Crippen molar-refractivity contribution in [3.05, 3.63) is 34.4 Å². The minimum Gasteiger partial charge on any atom is -0.480 e. The predicted molar refractivity (Wildman–Crippen MR) is 79.2 cm³/mol. The molecule has 2 N–H and O–H groups in total. The number of rotatable bonds is 5. The molecule has 0 aliphatic carbocycles. The number of carboxylic acids is 1. The number of hydrogen-bond donors (Lipinski definition) is 2. The van der Waals surface area contributed by atoms with E-state index in [1.165, 1.54) is 0 Å². The van der Waals surface area contributed by atoms with Crippen molar-refractivity contribution in [1.29, 1.82) is 0 Å². The average molecular weight is 325 g/mol. The second kappa shape index (κ2) is 5.75. The lowest BCUT2D eigenvalue weighted by molar-refractivity contribution is -0.143. The van der Waals surface area contributed by atoms with Crippen LogP contribution in [0.2, 0.25) is 0 Å². The maximum Gasteiger partial charge on any atom is 0.320 e. The minimum absolute atomic E-state index is 0.447. The molecule has 0 saturated carbocycles. The number of aromatic nitrogens is 1. The lowest BCUT2D eigenvalue weighted by Gasteiger charge is -2.23. The van der Waals surface area contributed by atoms with Gasteiger partial charge in [-0.3, -0.25) is 9.69 Å². The summed E-state index contributed by atoms with van der Waals surface area (Å²) in [6.45, 7) is 2.50. The van der Waals surface area contributed by atoms with Crippen LogP contribution >= 0.6 is 15.9 Å². The van der Waals surface area contributed by atoms with Crippen LogP contribution in [0, 0.1) is 0 Å². The Morgan fingerprint density at radius 2 is 2.26 bits per heavy atom. The molecule has 5 heteroatoms. The molecule has 1 atom stereocenters. The van der Waals surface area contributed by atoms with E-state index < -0.39 is 12.0 Å². The fourth-order valence-electron chi connectivity index (χ4n) is 2.34. The van der Waals surface area contributed by atoms with Crippen molar-refractivity contribution in [1.82, 2.24) is 9.88 Å². The Labute approximate surface area is 120 Å². The zero-order chi connectivity index (χ0) is 14.0. The summed E-state index contributed by atoms with van der Waals surface area (Å²) in [4.78, 5) is 16.2. The third-order valence-corrected chi connectivity index (χ3v) is 3.85. The van der Waals surface area contributed by atoms with Gasteiger partial charge >= 0.3 is 5.97 Å². The molecule has 19 heavy (non-hydrogen) atoms. The predicted octanol–water partition coefficient (Wildman–Crippen LogP) is 3.23. The molecule has 0 saturated heterocycles. The highest BCUT2D eigenvalue weighted by molar-refractivity contribution is 9.10. The highest BCUT2D eigenvalue weighted by Gasteiger charge is 2.21. The molecule has 0 fully saturated rings. The van der Waals surface area contributed by atoms with Gasteiger partial charge in [-0.1, -0.05) is 22.9 Å². The van der Waals surface area contributed by atoms with E-state index in [9.17, 15) is 9.90 Å². The monoisotopic (exact) mass is 324 g/mol. The SMILES string of the molecule is CCC(C(=O)O)N(C)Cc1c[nH]c2ccc(Br)cc12. The molecule has 2 aromatic rings. The molecule has 4 nitrogen and oxygen atoms in total. The first-order valence-electron chi connectivity index (χ1n) is 6.21. The minimum atomic E-state index is -0.772. The van der Waals surface area contributed by atoms with Crippen molar-refractivity contribution in [2.45, 2.75) is 25.9 Å². The van der Waals surface area contributed by atoms with E-state index in [0.29, 0.717) is 13.0 Å². The van der Waals surface area contributed by atoms with Crippen LogP contribution in [0.25, 0.3) is 10.9 Å².